The zero-order chi connectivity index (χ0) is 22.9. The van der Waals surface area contributed by atoms with Crippen molar-refractivity contribution in [2.45, 2.75) is 11.8 Å². The summed E-state index contributed by atoms with van der Waals surface area (Å²) in [7, 11) is -3.98. The van der Waals surface area contributed by atoms with E-state index in [2.05, 4.69) is 20.0 Å². The molecule has 0 aliphatic rings. The molecule has 8 nitrogen and oxygen atoms in total. The number of aryl methyl sites for hydroxylation is 1. The third-order valence-electron chi connectivity index (χ3n) is 4.56. The number of carboxylic acids is 1. The molecule has 0 saturated heterocycles. The topological polar surface area (TPSA) is 124 Å². The SMILES string of the molecule is Cc1ccc2nc(NS(=O)(=O)c3ccc(Cl)cc3)c(Nc3ccc(C(=O)[O-])cc3)nc2c1. The summed E-state index contributed by atoms with van der Waals surface area (Å²) in [4.78, 5) is 20.0. The summed E-state index contributed by atoms with van der Waals surface area (Å²) in [5.74, 6) is -1.16. The van der Waals surface area contributed by atoms with E-state index in [1.807, 2.05) is 19.1 Å². The van der Waals surface area contributed by atoms with Crippen LogP contribution in [0.5, 0.6) is 0 Å². The summed E-state index contributed by atoms with van der Waals surface area (Å²) in [5.41, 5.74) is 2.53. The Morgan fingerprint density at radius 3 is 2.22 bits per heavy atom. The van der Waals surface area contributed by atoms with Crippen molar-refractivity contribution in [1.29, 1.82) is 0 Å². The third-order valence-corrected chi connectivity index (χ3v) is 6.16. The number of sulfonamides is 1. The molecule has 0 fully saturated rings. The highest BCUT2D eigenvalue weighted by molar-refractivity contribution is 7.92. The van der Waals surface area contributed by atoms with E-state index < -0.39 is 16.0 Å². The third kappa shape index (κ3) is 4.63. The summed E-state index contributed by atoms with van der Waals surface area (Å²) in [6, 6.07) is 16.9. The summed E-state index contributed by atoms with van der Waals surface area (Å²) in [6.45, 7) is 1.91. The largest absolute Gasteiger partial charge is 0.545 e. The van der Waals surface area contributed by atoms with Crippen molar-refractivity contribution in [2.75, 3.05) is 10.0 Å². The Balaban J connectivity index is 1.76. The lowest BCUT2D eigenvalue weighted by atomic mass is 10.2. The van der Waals surface area contributed by atoms with Crippen LogP contribution in [0.25, 0.3) is 11.0 Å². The number of aromatic nitrogens is 2. The standard InChI is InChI=1S/C22H17ClN4O4S/c1-13-2-11-18-19(12-13)26-20(24-16-7-3-14(4-8-16)22(28)29)21(25-18)27-32(30,31)17-9-5-15(23)6-10-17/h2-12H,1H3,(H,24,26)(H,25,27)(H,28,29)/p-1. The number of fused-ring (bicyclic) bond motifs is 1. The Hall–Kier alpha value is -3.69. The van der Waals surface area contributed by atoms with Crippen molar-refractivity contribution >= 4 is 56.0 Å². The fraction of sp³-hybridized carbons (Fsp3) is 0.0455. The molecule has 162 valence electrons. The first kappa shape index (κ1) is 21.5. The van der Waals surface area contributed by atoms with Gasteiger partial charge in [0.1, 0.15) is 0 Å². The Morgan fingerprint density at radius 2 is 1.56 bits per heavy atom. The Labute approximate surface area is 189 Å². The average molecular weight is 468 g/mol. The van der Waals surface area contributed by atoms with Gasteiger partial charge in [0, 0.05) is 10.7 Å². The summed E-state index contributed by atoms with van der Waals surface area (Å²) < 4.78 is 28.3. The molecule has 4 aromatic rings. The van der Waals surface area contributed by atoms with Crippen LogP contribution >= 0.6 is 11.6 Å². The second-order valence-electron chi connectivity index (χ2n) is 6.96. The van der Waals surface area contributed by atoms with Crippen LogP contribution in [-0.4, -0.2) is 24.4 Å². The molecule has 1 aromatic heterocycles. The molecule has 0 aliphatic carbocycles. The van der Waals surface area contributed by atoms with E-state index >= 15 is 0 Å². The van der Waals surface area contributed by atoms with Crippen LogP contribution in [0.4, 0.5) is 17.3 Å². The second-order valence-corrected chi connectivity index (χ2v) is 9.08. The molecule has 1 heterocycles. The molecule has 0 unspecified atom stereocenters. The monoisotopic (exact) mass is 467 g/mol. The normalized spacial score (nSPS) is 11.3. The van der Waals surface area contributed by atoms with Gasteiger partial charge in [-0.25, -0.2) is 18.4 Å². The fourth-order valence-corrected chi connectivity index (χ4v) is 4.08. The highest BCUT2D eigenvalue weighted by Crippen LogP contribution is 2.28. The number of carbonyl (C=O) groups excluding carboxylic acids is 1. The fourth-order valence-electron chi connectivity index (χ4n) is 2.95. The van der Waals surface area contributed by atoms with Gasteiger partial charge in [-0.3, -0.25) is 4.72 Å². The number of nitrogens with zero attached hydrogens (tertiary/aromatic N) is 2. The molecular weight excluding hydrogens is 452 g/mol. The molecule has 3 aromatic carbocycles. The van der Waals surface area contributed by atoms with Gasteiger partial charge in [0.05, 0.1) is 21.9 Å². The van der Waals surface area contributed by atoms with Crippen LogP contribution in [0.3, 0.4) is 0 Å². The van der Waals surface area contributed by atoms with Gasteiger partial charge in [0.2, 0.25) is 0 Å². The van der Waals surface area contributed by atoms with Crippen LogP contribution < -0.4 is 15.1 Å². The summed E-state index contributed by atoms with van der Waals surface area (Å²) in [5, 5.41) is 14.4. The lowest BCUT2D eigenvalue weighted by molar-refractivity contribution is -0.255. The summed E-state index contributed by atoms with van der Waals surface area (Å²) in [6.07, 6.45) is 0. The number of carbonyl (C=O) groups is 1. The van der Waals surface area contributed by atoms with Crippen molar-refractivity contribution in [2.24, 2.45) is 0 Å². The van der Waals surface area contributed by atoms with Gasteiger partial charge in [-0.05, 0) is 66.6 Å². The predicted molar refractivity (Wildman–Crippen MR) is 121 cm³/mol. The number of halogens is 1. The maximum Gasteiger partial charge on any atom is 0.263 e. The van der Waals surface area contributed by atoms with E-state index in [0.29, 0.717) is 21.7 Å². The van der Waals surface area contributed by atoms with Crippen molar-refractivity contribution in [1.82, 2.24) is 9.97 Å². The Bertz CT molecular complexity index is 1420. The molecule has 0 saturated carbocycles. The molecule has 10 heteroatoms. The molecule has 0 amide bonds. The van der Waals surface area contributed by atoms with Gasteiger partial charge >= 0.3 is 0 Å². The number of hydrogen-bond donors (Lipinski definition) is 2. The van der Waals surface area contributed by atoms with E-state index in [4.69, 9.17) is 11.6 Å². The molecule has 4 rings (SSSR count). The maximum atomic E-state index is 12.9. The molecular formula is C22H16ClN4O4S-. The van der Waals surface area contributed by atoms with Gasteiger partial charge in [0.15, 0.2) is 11.6 Å². The van der Waals surface area contributed by atoms with Gasteiger partial charge in [-0.2, -0.15) is 0 Å². The van der Waals surface area contributed by atoms with Crippen LogP contribution in [0.15, 0.2) is 71.6 Å². The van der Waals surface area contributed by atoms with E-state index in [1.54, 1.807) is 6.07 Å². The number of carboxylic acid groups (broad SMARTS) is 1. The minimum absolute atomic E-state index is 0.0111. The average Bonchev–Trinajstić information content (AvgIpc) is 2.75. The Kier molecular flexibility index (Phi) is 5.68. The van der Waals surface area contributed by atoms with E-state index in [9.17, 15) is 18.3 Å². The molecule has 0 spiro atoms. The quantitative estimate of drug-likeness (QED) is 0.444. The lowest BCUT2D eigenvalue weighted by Crippen LogP contribution is -2.21. The first-order valence-electron chi connectivity index (χ1n) is 9.36. The van der Waals surface area contributed by atoms with Gasteiger partial charge in [-0.1, -0.05) is 29.8 Å². The van der Waals surface area contributed by atoms with Crippen LogP contribution in [0, 0.1) is 6.92 Å². The van der Waals surface area contributed by atoms with Crippen molar-refractivity contribution in [3.8, 4) is 0 Å². The van der Waals surface area contributed by atoms with Crippen LogP contribution in [-0.2, 0) is 10.0 Å². The van der Waals surface area contributed by atoms with Crippen LogP contribution in [0.2, 0.25) is 5.02 Å². The van der Waals surface area contributed by atoms with Crippen molar-refractivity contribution in [3.05, 3.63) is 82.9 Å². The molecule has 0 radical (unpaired) electrons. The van der Waals surface area contributed by atoms with E-state index in [0.717, 1.165) is 5.56 Å². The first-order valence-corrected chi connectivity index (χ1v) is 11.2. The Morgan fingerprint density at radius 1 is 0.906 bits per heavy atom. The van der Waals surface area contributed by atoms with E-state index in [-0.39, 0.29) is 22.1 Å². The maximum absolute atomic E-state index is 12.9. The number of anilines is 3. The van der Waals surface area contributed by atoms with Gasteiger partial charge < -0.3 is 15.2 Å². The minimum atomic E-state index is -3.98. The molecule has 0 atom stereocenters. The number of rotatable bonds is 6. The molecule has 0 aliphatic heterocycles. The van der Waals surface area contributed by atoms with Crippen molar-refractivity contribution < 1.29 is 18.3 Å². The number of nitrogens with one attached hydrogen (secondary N) is 2. The predicted octanol–water partition coefficient (Wildman–Crippen LogP) is 3.50. The van der Waals surface area contributed by atoms with E-state index in [1.165, 1.54) is 48.5 Å². The molecule has 32 heavy (non-hydrogen) atoms. The lowest BCUT2D eigenvalue weighted by Gasteiger charge is -2.14. The highest BCUT2D eigenvalue weighted by Gasteiger charge is 2.19. The number of aromatic carboxylic acids is 1. The highest BCUT2D eigenvalue weighted by atomic mass is 35.5. The zero-order valence-electron chi connectivity index (χ0n) is 16.7. The van der Waals surface area contributed by atoms with Gasteiger partial charge in [-0.15, -0.1) is 0 Å². The van der Waals surface area contributed by atoms with Gasteiger partial charge in [0.25, 0.3) is 10.0 Å². The van der Waals surface area contributed by atoms with Crippen LogP contribution in [0.1, 0.15) is 15.9 Å². The summed E-state index contributed by atoms with van der Waals surface area (Å²) >= 11 is 5.86. The smallest absolute Gasteiger partial charge is 0.263 e. The second kappa shape index (κ2) is 8.45. The number of hydrogen-bond acceptors (Lipinski definition) is 7. The molecule has 0 bridgehead atoms. The molecule has 2 N–H and O–H groups in total. The van der Waals surface area contributed by atoms with Crippen molar-refractivity contribution in [3.63, 3.8) is 0 Å². The number of benzene rings is 3. The zero-order valence-corrected chi connectivity index (χ0v) is 18.2. The first-order chi connectivity index (χ1) is 15.2. The minimum Gasteiger partial charge on any atom is -0.545 e.